The highest BCUT2D eigenvalue weighted by molar-refractivity contribution is 6.01. The minimum absolute atomic E-state index is 0.00107. The first kappa shape index (κ1) is 113. The predicted octanol–water partition coefficient (Wildman–Crippen LogP) is -1.80. The number of hydrogen-bond donors (Lipinski definition) is 24. The monoisotopic (exact) mass is 1830 g/mol. The van der Waals surface area contributed by atoms with Crippen molar-refractivity contribution in [3.63, 3.8) is 0 Å². The van der Waals surface area contributed by atoms with Gasteiger partial charge in [0.15, 0.2) is 11.9 Å². The maximum absolute atomic E-state index is 15.0. The molecule has 2 aromatic carbocycles. The molecular weight excluding hydrogens is 1670 g/mol. The normalized spacial score (nSPS) is 14.8. The maximum Gasteiger partial charge on any atom is 0.243 e. The molecule has 728 valence electrons. The van der Waals surface area contributed by atoms with Gasteiger partial charge in [0.25, 0.3) is 0 Å². The summed E-state index contributed by atoms with van der Waals surface area (Å²) >= 11 is 0. The van der Waals surface area contributed by atoms with Gasteiger partial charge >= 0.3 is 0 Å². The van der Waals surface area contributed by atoms with E-state index in [0.29, 0.717) is 62.5 Å². The number of nitrogens with one attached hydrogen (secondary N) is 15. The average Bonchev–Trinajstić information content (AvgIpc) is 1.64. The maximum atomic E-state index is 15.0. The number of aliphatic imine (C=N–C) groups is 2. The number of carbonyl (C=O) groups is 15. The largest absolute Gasteiger partial charge is 0.370 e. The van der Waals surface area contributed by atoms with Crippen molar-refractivity contribution in [2.75, 3.05) is 45.8 Å². The van der Waals surface area contributed by atoms with Gasteiger partial charge in [-0.2, -0.15) is 0 Å². The third kappa shape index (κ3) is 41.9. The molecule has 0 unspecified atom stereocenters. The summed E-state index contributed by atoms with van der Waals surface area (Å²) in [6.45, 7) is 20.9. The van der Waals surface area contributed by atoms with Crippen molar-refractivity contribution in [2.45, 2.75) is 290 Å². The second-order valence-corrected chi connectivity index (χ2v) is 34.9. The average molecular weight is 1830 g/mol. The van der Waals surface area contributed by atoms with E-state index in [1.54, 1.807) is 91.9 Å². The van der Waals surface area contributed by atoms with Crippen LogP contribution in [0.1, 0.15) is 210 Å². The molecule has 0 spiro atoms. The van der Waals surface area contributed by atoms with Crippen LogP contribution in [0.3, 0.4) is 0 Å². The molecule has 0 bridgehead atoms. The zero-order valence-electron chi connectivity index (χ0n) is 78.0. The molecule has 15 amide bonds. The van der Waals surface area contributed by atoms with Gasteiger partial charge in [0.05, 0.1) is 13.1 Å². The lowest BCUT2D eigenvalue weighted by atomic mass is 9.95. The smallest absolute Gasteiger partial charge is 0.243 e. The molecule has 0 saturated heterocycles. The Labute approximate surface area is 764 Å². The summed E-state index contributed by atoms with van der Waals surface area (Å²) in [7, 11) is 0. The Kier molecular flexibility index (Phi) is 52.2. The summed E-state index contributed by atoms with van der Waals surface area (Å²) in [6.07, 6.45) is 5.00. The molecule has 1 aromatic heterocycles. The van der Waals surface area contributed by atoms with Crippen LogP contribution in [-0.2, 0) is 84.8 Å². The van der Waals surface area contributed by atoms with E-state index in [-0.39, 0.29) is 139 Å². The van der Waals surface area contributed by atoms with Crippen LogP contribution in [0.4, 0.5) is 0 Å². The topological polar surface area (TPSA) is 699 Å². The van der Waals surface area contributed by atoms with E-state index in [2.05, 4.69) is 89.4 Å². The Hall–Kier alpha value is -11.6. The fourth-order valence-corrected chi connectivity index (χ4v) is 14.4. The van der Waals surface area contributed by atoms with Crippen LogP contribution < -0.4 is 126 Å². The number of primary amides is 1. The lowest BCUT2D eigenvalue weighted by Gasteiger charge is -2.31. The minimum atomic E-state index is -1.43. The van der Waals surface area contributed by atoms with E-state index >= 15 is 4.79 Å². The van der Waals surface area contributed by atoms with Gasteiger partial charge in [-0.3, -0.25) is 81.9 Å². The number of aromatic amines is 1. The fourth-order valence-electron chi connectivity index (χ4n) is 14.4. The van der Waals surface area contributed by atoms with Gasteiger partial charge in [0, 0.05) is 43.0 Å². The quantitative estimate of drug-likeness (QED) is 0.0168. The number of rotatable bonds is 64. The third-order valence-electron chi connectivity index (χ3n) is 22.1. The number of benzene rings is 2. The lowest BCUT2D eigenvalue weighted by molar-refractivity contribution is -0.137. The molecule has 3 rings (SSSR count). The molecule has 0 aliphatic heterocycles. The highest BCUT2D eigenvalue weighted by atomic mass is 16.2. The minimum Gasteiger partial charge on any atom is -0.370 e. The van der Waals surface area contributed by atoms with Gasteiger partial charge in [-0.25, -0.2) is 0 Å². The lowest BCUT2D eigenvalue weighted by Crippen LogP contribution is -2.62. The van der Waals surface area contributed by atoms with Crippen LogP contribution in [0.2, 0.25) is 0 Å². The fraction of sp³-hybridized carbons (Fsp3) is 0.652. The van der Waals surface area contributed by atoms with E-state index in [9.17, 15) is 67.1 Å². The van der Waals surface area contributed by atoms with Gasteiger partial charge in [0.1, 0.15) is 78.5 Å². The number of nitrogens with zero attached hydrogens (tertiary/aromatic N) is 2. The number of H-pyrrole nitrogens is 1. The molecule has 0 saturated carbocycles. The highest BCUT2D eigenvalue weighted by Gasteiger charge is 2.40. The van der Waals surface area contributed by atoms with Crippen molar-refractivity contribution in [2.24, 2.45) is 97.1 Å². The molecule has 0 radical (unpaired) electrons. The van der Waals surface area contributed by atoms with Gasteiger partial charge < -0.3 is 131 Å². The summed E-state index contributed by atoms with van der Waals surface area (Å²) in [4.78, 5) is 226. The second kappa shape index (κ2) is 60.3. The Morgan fingerprint density at radius 2 is 0.685 bits per heavy atom. The molecule has 41 heteroatoms. The number of unbranched alkanes of at least 4 members (excludes halogenated alkanes) is 3. The van der Waals surface area contributed by atoms with Gasteiger partial charge in [0.2, 0.25) is 88.6 Å². The van der Waals surface area contributed by atoms with Crippen LogP contribution in [0.25, 0.3) is 10.9 Å². The Morgan fingerprint density at radius 1 is 0.346 bits per heavy atom. The summed E-state index contributed by atoms with van der Waals surface area (Å²) in [5, 5.41) is 39.3. The van der Waals surface area contributed by atoms with Crippen molar-refractivity contribution in [3.05, 3.63) is 71.9 Å². The third-order valence-corrected chi connectivity index (χ3v) is 22.1. The number of para-hydroxylation sites is 1. The van der Waals surface area contributed by atoms with Crippen molar-refractivity contribution in [1.29, 1.82) is 0 Å². The van der Waals surface area contributed by atoms with Crippen LogP contribution in [0, 0.1) is 35.5 Å². The molecule has 3 aromatic rings. The Balaban J connectivity index is 2.00. The molecule has 15 atom stereocenters. The molecule has 0 aliphatic rings. The number of guanidine groups is 2. The first-order valence-corrected chi connectivity index (χ1v) is 45.6. The molecule has 41 nitrogen and oxygen atoms in total. The predicted molar refractivity (Wildman–Crippen MR) is 499 cm³/mol. The Bertz CT molecular complexity index is 4160. The zero-order valence-corrected chi connectivity index (χ0v) is 78.0. The summed E-state index contributed by atoms with van der Waals surface area (Å²) in [5.41, 5.74) is 53.6. The van der Waals surface area contributed by atoms with Crippen LogP contribution in [0.5, 0.6) is 0 Å². The SMILES string of the molecule is CC[C@H](C)[C@H](NC(=O)[C@H](CC(C)C)NC(=O)[C@H](CCCN=C(N)N)NC(=O)[C@H](Cc1c[nH]c2ccccc12)NC(=O)CN)C(=O)N[C@@H](CCCCN)C(=O)N[C@@H](CCCCN)C(=O)N[C@H](C(=O)N[C@@H](CC(C)C)C(=O)N[C@@H](CCCN=C(N)N)C(=O)N[C@H](C(=O)N[C@@H](Cc1ccccc1)C(=O)N[C@@H](CCCCN)C(=O)NCC(=O)N[C@@H](CC(C)C)C(N)=O)C(C)C)[C@@H](C)CC. The van der Waals surface area contributed by atoms with E-state index in [1.165, 1.54) is 0 Å². The van der Waals surface area contributed by atoms with Gasteiger partial charge in [-0.1, -0.05) is 144 Å². The van der Waals surface area contributed by atoms with Crippen molar-refractivity contribution in [1.82, 2.24) is 79.4 Å². The number of hydrogen-bond acceptors (Lipinski definition) is 21. The van der Waals surface area contributed by atoms with Crippen molar-refractivity contribution >= 4 is 111 Å². The van der Waals surface area contributed by atoms with Gasteiger partial charge in [-0.15, -0.1) is 0 Å². The van der Waals surface area contributed by atoms with Crippen molar-refractivity contribution in [3.8, 4) is 0 Å². The number of amides is 15. The molecule has 0 aliphatic carbocycles. The van der Waals surface area contributed by atoms with Crippen LogP contribution in [-0.4, -0.2) is 230 Å². The molecule has 130 heavy (non-hydrogen) atoms. The van der Waals surface area contributed by atoms with E-state index < -0.39 is 198 Å². The van der Waals surface area contributed by atoms with Crippen molar-refractivity contribution < 1.29 is 71.9 Å². The van der Waals surface area contributed by atoms with E-state index in [1.807, 2.05) is 52.0 Å². The summed E-state index contributed by atoms with van der Waals surface area (Å²) < 4.78 is 0. The molecule has 0 fully saturated rings. The first-order chi connectivity index (χ1) is 61.6. The number of carbonyl (C=O) groups excluding carboxylic acids is 15. The summed E-state index contributed by atoms with van der Waals surface area (Å²) in [5.74, 6) is -14.5. The van der Waals surface area contributed by atoms with Gasteiger partial charge in [-0.05, 0) is 175 Å². The molecular formula is C89H152N26O15. The zero-order chi connectivity index (χ0) is 97.3. The Morgan fingerprint density at radius 3 is 1.10 bits per heavy atom. The van der Waals surface area contributed by atoms with Crippen LogP contribution >= 0.6 is 0 Å². The molecule has 33 N–H and O–H groups in total. The van der Waals surface area contributed by atoms with E-state index in [0.717, 1.165) is 10.9 Å². The van der Waals surface area contributed by atoms with Crippen LogP contribution in [0.15, 0.2) is 70.8 Å². The number of nitrogens with two attached hydrogens (primary N) is 9. The summed E-state index contributed by atoms with van der Waals surface area (Å²) in [6, 6.07) is -1.05. The standard InChI is InChI=1S/C89H152N26O15/c1-13-54(11)73(115-84(127)67(44-52(7)8)110-78(121)63(35-26-40-99-88(95)96)107-83(126)69(104-70(116)47-93)46-57-48-101-59-31-19-18-30-58(57)59)86(129)109-61(33-21-24-38-91)77(120)106-62(34-22-25-39-92)80(123)114-74(55(12)14-2)87(130)111-66(43-51(5)6)81(124)108-64(36-27-41-100-89(97)98)79(122)113-72(53(9)10)85(128)112-68(45-56-28-16-15-17-29-56)82(125)105-60(32-20-23-37-90)76(119)102-49-71(117)103-65(75(94)118)42-50(3)4/h15-19,28-31,48,50-55,60-69,72-74,101H,13-14,20-27,32-47,49,90-93H2,1-12H3,(H2,94,118)(H,102,119)(H,103,117)(H,104,116)(H,105,125)(H,106,120)(H,107,126)(H,108,124)(H,109,129)(H,110,121)(H,111,130)(H,112,128)(H,113,122)(H,114,123)(H,115,127)(H4,95,96,99)(H4,97,98,100)/t54-,55-,60-,61-,62-,63-,64-,65-,66-,67-,68-,69-,72-,73-,74-/m0/s1. The number of fused-ring (bicyclic) bond motifs is 1. The van der Waals surface area contributed by atoms with E-state index in [4.69, 9.17) is 51.6 Å². The highest BCUT2D eigenvalue weighted by Crippen LogP contribution is 2.22. The number of aromatic nitrogens is 1. The molecule has 1 heterocycles. The first-order valence-electron chi connectivity index (χ1n) is 45.6. The second-order valence-electron chi connectivity index (χ2n) is 34.9.